The molecular weight excluding hydrogens is 452 g/mol. The van der Waals surface area contributed by atoms with Gasteiger partial charge in [-0.25, -0.2) is 4.79 Å². The van der Waals surface area contributed by atoms with E-state index in [1.165, 1.54) is 0 Å². The molecule has 0 spiro atoms. The van der Waals surface area contributed by atoms with Gasteiger partial charge in [0.25, 0.3) is 0 Å². The highest BCUT2D eigenvalue weighted by atomic mass is 16.5. The summed E-state index contributed by atoms with van der Waals surface area (Å²) in [6.45, 7) is 7.23. The molecule has 0 saturated carbocycles. The topological polar surface area (TPSA) is 65.0 Å². The second-order valence-corrected chi connectivity index (χ2v) is 8.00. The molecule has 5 nitrogen and oxygen atoms in total. The number of carbonyl (C=O) groups is 1. The van der Waals surface area contributed by atoms with E-state index in [2.05, 4.69) is 0 Å². The van der Waals surface area contributed by atoms with Gasteiger partial charge in [0.2, 0.25) is 0 Å². The maximum absolute atomic E-state index is 12.6. The second-order valence-electron chi connectivity index (χ2n) is 8.00. The fraction of sp³-hybridized carbons (Fsp3) is 0.194. The van der Waals surface area contributed by atoms with Crippen LogP contribution in [0.5, 0.6) is 17.2 Å². The lowest BCUT2D eigenvalue weighted by Gasteiger charge is -2.23. The van der Waals surface area contributed by atoms with Gasteiger partial charge in [-0.3, -0.25) is 0 Å². The molecular formula is C31H30O5. The van der Waals surface area contributed by atoms with Crippen LogP contribution in [0, 0.1) is 0 Å². The maximum Gasteiger partial charge on any atom is 0.336 e. The Hall–Kier alpha value is -4.25. The molecule has 0 aromatic heterocycles. The van der Waals surface area contributed by atoms with Crippen molar-refractivity contribution >= 4 is 5.97 Å². The molecule has 0 aliphatic carbocycles. The average Bonchev–Trinajstić information content (AvgIpc) is 2.89. The summed E-state index contributed by atoms with van der Waals surface area (Å²) < 4.78 is 17.9. The Morgan fingerprint density at radius 1 is 0.556 bits per heavy atom. The lowest BCUT2D eigenvalue weighted by molar-refractivity contribution is 0.0697. The van der Waals surface area contributed by atoms with E-state index >= 15 is 0 Å². The molecule has 0 amide bonds. The third-order valence-corrected chi connectivity index (χ3v) is 5.83. The lowest BCUT2D eigenvalue weighted by atomic mass is 9.84. The quantitative estimate of drug-likeness (QED) is 0.252. The summed E-state index contributed by atoms with van der Waals surface area (Å²) in [4.78, 5) is 12.6. The highest BCUT2D eigenvalue weighted by Crippen LogP contribution is 2.48. The SMILES string of the molecule is CCOc1ccccc1-c1ccc(C(=O)O)c(-c2ccccc2OCC)c1-c1ccccc1OCC. The second kappa shape index (κ2) is 11.5. The van der Waals surface area contributed by atoms with Crippen LogP contribution >= 0.6 is 0 Å². The lowest BCUT2D eigenvalue weighted by Crippen LogP contribution is -2.06. The number of para-hydroxylation sites is 3. The van der Waals surface area contributed by atoms with Gasteiger partial charge in [0.15, 0.2) is 0 Å². The first-order valence-electron chi connectivity index (χ1n) is 12.2. The Kier molecular flexibility index (Phi) is 7.91. The van der Waals surface area contributed by atoms with E-state index in [1.54, 1.807) is 6.07 Å². The van der Waals surface area contributed by atoms with Crippen LogP contribution in [-0.2, 0) is 0 Å². The van der Waals surface area contributed by atoms with Crippen molar-refractivity contribution in [2.75, 3.05) is 19.8 Å². The molecule has 0 bridgehead atoms. The molecule has 36 heavy (non-hydrogen) atoms. The molecule has 0 atom stereocenters. The van der Waals surface area contributed by atoms with Crippen LogP contribution in [0.1, 0.15) is 31.1 Å². The summed E-state index contributed by atoms with van der Waals surface area (Å²) in [7, 11) is 0. The number of hydrogen-bond donors (Lipinski definition) is 1. The number of ether oxygens (including phenoxy) is 3. The van der Waals surface area contributed by atoms with Crippen LogP contribution in [0.3, 0.4) is 0 Å². The van der Waals surface area contributed by atoms with Crippen LogP contribution < -0.4 is 14.2 Å². The van der Waals surface area contributed by atoms with Crippen LogP contribution in [0.4, 0.5) is 0 Å². The molecule has 0 saturated heterocycles. The van der Waals surface area contributed by atoms with Gasteiger partial charge in [0.1, 0.15) is 17.2 Å². The fourth-order valence-corrected chi connectivity index (χ4v) is 4.44. The van der Waals surface area contributed by atoms with Crippen molar-refractivity contribution in [3.05, 3.63) is 90.5 Å². The molecule has 4 rings (SSSR count). The molecule has 1 N–H and O–H groups in total. The first-order valence-corrected chi connectivity index (χ1v) is 12.2. The van der Waals surface area contributed by atoms with Gasteiger partial charge in [-0.2, -0.15) is 0 Å². The van der Waals surface area contributed by atoms with Gasteiger partial charge in [0.05, 0.1) is 25.4 Å². The first-order chi connectivity index (χ1) is 17.6. The summed E-state index contributed by atoms with van der Waals surface area (Å²) in [6.07, 6.45) is 0. The number of hydrogen-bond acceptors (Lipinski definition) is 4. The number of rotatable bonds is 10. The standard InChI is InChI=1S/C31H30O5/c1-4-34-26-16-10-7-13-21(26)22-19-20-25(31(32)33)30(24-15-9-12-18-28(24)36-6-3)29(22)23-14-8-11-17-27(23)35-5-2/h7-20H,4-6H2,1-3H3,(H,32,33). The van der Waals surface area contributed by atoms with Gasteiger partial charge >= 0.3 is 5.97 Å². The molecule has 4 aromatic carbocycles. The van der Waals surface area contributed by atoms with E-state index in [1.807, 2.05) is 99.6 Å². The Balaban J connectivity index is 2.19. The van der Waals surface area contributed by atoms with E-state index < -0.39 is 5.97 Å². The molecule has 0 aliphatic rings. The zero-order valence-electron chi connectivity index (χ0n) is 20.8. The molecule has 0 aliphatic heterocycles. The van der Waals surface area contributed by atoms with E-state index in [0.717, 1.165) is 28.0 Å². The van der Waals surface area contributed by atoms with E-state index in [0.29, 0.717) is 42.4 Å². The third kappa shape index (κ3) is 4.91. The summed E-state index contributed by atoms with van der Waals surface area (Å²) in [5.74, 6) is 0.999. The normalized spacial score (nSPS) is 10.6. The Labute approximate surface area is 211 Å². The summed E-state index contributed by atoms with van der Waals surface area (Å²) in [6, 6.07) is 26.6. The van der Waals surface area contributed by atoms with Gasteiger partial charge in [-0.1, -0.05) is 60.7 Å². The zero-order chi connectivity index (χ0) is 25.5. The monoisotopic (exact) mass is 482 g/mol. The van der Waals surface area contributed by atoms with Crippen molar-refractivity contribution < 1.29 is 24.1 Å². The molecule has 0 fully saturated rings. The predicted molar refractivity (Wildman–Crippen MR) is 143 cm³/mol. The number of carboxylic acids is 1. The highest BCUT2D eigenvalue weighted by Gasteiger charge is 2.26. The maximum atomic E-state index is 12.6. The summed E-state index contributed by atoms with van der Waals surface area (Å²) >= 11 is 0. The number of aromatic carboxylic acids is 1. The number of benzene rings is 4. The van der Waals surface area contributed by atoms with Crippen molar-refractivity contribution in [2.24, 2.45) is 0 Å². The average molecular weight is 483 g/mol. The smallest absolute Gasteiger partial charge is 0.336 e. The van der Waals surface area contributed by atoms with Crippen molar-refractivity contribution in [3.63, 3.8) is 0 Å². The largest absolute Gasteiger partial charge is 0.493 e. The van der Waals surface area contributed by atoms with Crippen LogP contribution in [-0.4, -0.2) is 30.9 Å². The molecule has 0 radical (unpaired) electrons. The van der Waals surface area contributed by atoms with Crippen molar-refractivity contribution in [3.8, 4) is 50.6 Å². The summed E-state index contributed by atoms with van der Waals surface area (Å²) in [5.41, 5.74) is 4.71. The number of carboxylic acid groups (broad SMARTS) is 1. The predicted octanol–water partition coefficient (Wildman–Crippen LogP) is 7.58. The van der Waals surface area contributed by atoms with E-state index in [-0.39, 0.29) is 5.56 Å². The zero-order valence-corrected chi connectivity index (χ0v) is 20.8. The van der Waals surface area contributed by atoms with Crippen LogP contribution in [0.15, 0.2) is 84.9 Å². The Morgan fingerprint density at radius 3 is 1.44 bits per heavy atom. The van der Waals surface area contributed by atoms with Crippen molar-refractivity contribution in [2.45, 2.75) is 20.8 Å². The fourth-order valence-electron chi connectivity index (χ4n) is 4.44. The third-order valence-electron chi connectivity index (χ3n) is 5.83. The molecule has 0 unspecified atom stereocenters. The van der Waals surface area contributed by atoms with Crippen molar-refractivity contribution in [1.82, 2.24) is 0 Å². The minimum absolute atomic E-state index is 0.182. The van der Waals surface area contributed by atoms with Crippen LogP contribution in [0.25, 0.3) is 33.4 Å². The van der Waals surface area contributed by atoms with Gasteiger partial charge < -0.3 is 19.3 Å². The van der Waals surface area contributed by atoms with Crippen LogP contribution in [0.2, 0.25) is 0 Å². The van der Waals surface area contributed by atoms with Gasteiger partial charge in [-0.15, -0.1) is 0 Å². The van der Waals surface area contributed by atoms with Gasteiger partial charge in [0, 0.05) is 27.8 Å². The first kappa shape index (κ1) is 24.9. The van der Waals surface area contributed by atoms with E-state index in [9.17, 15) is 9.90 Å². The van der Waals surface area contributed by atoms with Gasteiger partial charge in [-0.05, 0) is 50.6 Å². The molecule has 4 aromatic rings. The summed E-state index contributed by atoms with van der Waals surface area (Å²) in [5, 5.41) is 10.3. The van der Waals surface area contributed by atoms with E-state index in [4.69, 9.17) is 14.2 Å². The Bertz CT molecular complexity index is 1360. The Morgan fingerprint density at radius 2 is 0.972 bits per heavy atom. The minimum atomic E-state index is -1.02. The molecule has 184 valence electrons. The minimum Gasteiger partial charge on any atom is -0.493 e. The highest BCUT2D eigenvalue weighted by molar-refractivity contribution is 6.07. The van der Waals surface area contributed by atoms with Crippen molar-refractivity contribution in [1.29, 1.82) is 0 Å². The molecule has 5 heteroatoms. The molecule has 0 heterocycles.